The van der Waals surface area contributed by atoms with E-state index in [0.29, 0.717) is 0 Å². The summed E-state index contributed by atoms with van der Waals surface area (Å²) in [5, 5.41) is 0. The van der Waals surface area contributed by atoms with Gasteiger partial charge in [-0.15, -0.1) is 0 Å². The zero-order chi connectivity index (χ0) is 18.8. The van der Waals surface area contributed by atoms with Gasteiger partial charge in [0.25, 0.3) is 0 Å². The van der Waals surface area contributed by atoms with E-state index in [4.69, 9.17) is 0 Å². The third-order valence-corrected chi connectivity index (χ3v) is 2.91. The summed E-state index contributed by atoms with van der Waals surface area (Å²) >= 11 is 0. The SMILES string of the molecule is CC.CC.CC(C)CCc1ccccn1.CCc1cccc(=O)[nH]1. The predicted molar refractivity (Wildman–Crippen MR) is 107 cm³/mol. The van der Waals surface area contributed by atoms with Crippen molar-refractivity contribution in [2.75, 3.05) is 0 Å². The highest BCUT2D eigenvalue weighted by molar-refractivity contribution is 5.03. The van der Waals surface area contributed by atoms with Crippen LogP contribution in [0.25, 0.3) is 0 Å². The third kappa shape index (κ3) is 13.7. The minimum atomic E-state index is -0.0191. The Bertz CT molecular complexity index is 533. The van der Waals surface area contributed by atoms with Crippen molar-refractivity contribution in [3.05, 3.63) is 64.3 Å². The molecule has 2 rings (SSSR count). The lowest BCUT2D eigenvalue weighted by atomic mass is 10.1. The van der Waals surface area contributed by atoms with E-state index in [1.54, 1.807) is 6.07 Å². The average molecular weight is 333 g/mol. The quantitative estimate of drug-likeness (QED) is 0.785. The molecular formula is C21H36N2O. The number of nitrogens with zero attached hydrogens (tertiary/aromatic N) is 1. The molecule has 136 valence electrons. The molecule has 1 N–H and O–H groups in total. The molecule has 0 aliphatic rings. The number of pyridine rings is 2. The summed E-state index contributed by atoms with van der Waals surface area (Å²) < 4.78 is 0. The molecule has 0 atom stereocenters. The molecule has 0 amide bonds. The average Bonchev–Trinajstić information content (AvgIpc) is 2.65. The highest BCUT2D eigenvalue weighted by Crippen LogP contribution is 2.05. The zero-order valence-corrected chi connectivity index (χ0v) is 16.6. The van der Waals surface area contributed by atoms with Crippen LogP contribution in [0.3, 0.4) is 0 Å². The Kier molecular flexibility index (Phi) is 17.7. The number of hydrogen-bond donors (Lipinski definition) is 1. The third-order valence-electron chi connectivity index (χ3n) is 2.91. The van der Waals surface area contributed by atoms with Crippen molar-refractivity contribution in [2.45, 2.75) is 67.7 Å². The van der Waals surface area contributed by atoms with Gasteiger partial charge in [-0.25, -0.2) is 0 Å². The second-order valence-corrected chi connectivity index (χ2v) is 5.15. The molecule has 0 spiro atoms. The molecule has 0 aromatic carbocycles. The molecular weight excluding hydrogens is 296 g/mol. The molecule has 3 nitrogen and oxygen atoms in total. The molecule has 24 heavy (non-hydrogen) atoms. The molecule has 0 bridgehead atoms. The first-order valence-corrected chi connectivity index (χ1v) is 9.20. The van der Waals surface area contributed by atoms with Gasteiger partial charge < -0.3 is 4.98 Å². The number of hydrogen-bond acceptors (Lipinski definition) is 2. The Labute approximate surface area is 148 Å². The van der Waals surface area contributed by atoms with Gasteiger partial charge in [0.2, 0.25) is 5.56 Å². The lowest BCUT2D eigenvalue weighted by Gasteiger charge is -2.02. The van der Waals surface area contributed by atoms with Crippen LogP contribution in [0.2, 0.25) is 0 Å². The van der Waals surface area contributed by atoms with Gasteiger partial charge >= 0.3 is 0 Å². The summed E-state index contributed by atoms with van der Waals surface area (Å²) in [4.78, 5) is 17.5. The molecule has 0 saturated heterocycles. The minimum absolute atomic E-state index is 0.0191. The van der Waals surface area contributed by atoms with Crippen LogP contribution in [0.5, 0.6) is 0 Å². The van der Waals surface area contributed by atoms with Crippen molar-refractivity contribution in [3.63, 3.8) is 0 Å². The van der Waals surface area contributed by atoms with Gasteiger partial charge in [-0.1, -0.05) is 60.6 Å². The summed E-state index contributed by atoms with van der Waals surface area (Å²) in [6.45, 7) is 14.5. The van der Waals surface area contributed by atoms with Crippen LogP contribution in [-0.4, -0.2) is 9.97 Å². The lowest BCUT2D eigenvalue weighted by molar-refractivity contribution is 0.581. The lowest BCUT2D eigenvalue weighted by Crippen LogP contribution is -2.04. The van der Waals surface area contributed by atoms with E-state index in [1.165, 1.54) is 18.2 Å². The normalized spacial score (nSPS) is 8.83. The van der Waals surface area contributed by atoms with Gasteiger partial charge in [0.05, 0.1) is 0 Å². The van der Waals surface area contributed by atoms with Crippen molar-refractivity contribution in [3.8, 4) is 0 Å². The number of H-pyrrole nitrogens is 1. The van der Waals surface area contributed by atoms with Gasteiger partial charge in [0, 0.05) is 23.7 Å². The molecule has 0 unspecified atom stereocenters. The molecule has 2 aromatic heterocycles. The first-order valence-electron chi connectivity index (χ1n) is 9.20. The van der Waals surface area contributed by atoms with Gasteiger partial charge in [-0.05, 0) is 43.4 Å². The molecule has 0 saturated carbocycles. The highest BCUT2D eigenvalue weighted by atomic mass is 16.1. The molecule has 0 aliphatic carbocycles. The van der Waals surface area contributed by atoms with Crippen molar-refractivity contribution in [1.29, 1.82) is 0 Å². The van der Waals surface area contributed by atoms with E-state index in [9.17, 15) is 4.79 Å². The van der Waals surface area contributed by atoms with Crippen LogP contribution in [0.15, 0.2) is 47.4 Å². The van der Waals surface area contributed by atoms with Crippen LogP contribution < -0.4 is 5.56 Å². The van der Waals surface area contributed by atoms with E-state index in [1.807, 2.05) is 59.0 Å². The smallest absolute Gasteiger partial charge is 0.248 e. The van der Waals surface area contributed by atoms with Gasteiger partial charge in [-0.3, -0.25) is 9.78 Å². The summed E-state index contributed by atoms with van der Waals surface area (Å²) in [6, 6.07) is 11.3. The maximum Gasteiger partial charge on any atom is 0.248 e. The van der Waals surface area contributed by atoms with Crippen LogP contribution in [0.1, 0.15) is 66.3 Å². The number of aromatic nitrogens is 2. The molecule has 3 heteroatoms. The Morgan fingerprint density at radius 3 is 2.08 bits per heavy atom. The van der Waals surface area contributed by atoms with Crippen molar-refractivity contribution in [2.24, 2.45) is 5.92 Å². The van der Waals surface area contributed by atoms with Crippen LogP contribution in [0.4, 0.5) is 0 Å². The van der Waals surface area contributed by atoms with E-state index < -0.39 is 0 Å². The van der Waals surface area contributed by atoms with E-state index in [-0.39, 0.29) is 5.56 Å². The fourth-order valence-corrected chi connectivity index (χ4v) is 1.68. The Hall–Kier alpha value is -1.90. The van der Waals surface area contributed by atoms with Crippen LogP contribution in [-0.2, 0) is 12.8 Å². The van der Waals surface area contributed by atoms with Crippen molar-refractivity contribution < 1.29 is 0 Å². The van der Waals surface area contributed by atoms with Crippen LogP contribution >= 0.6 is 0 Å². The van der Waals surface area contributed by atoms with Gasteiger partial charge in [0.1, 0.15) is 0 Å². The minimum Gasteiger partial charge on any atom is -0.326 e. The second-order valence-electron chi connectivity index (χ2n) is 5.15. The zero-order valence-electron chi connectivity index (χ0n) is 16.6. The number of aromatic amines is 1. The topological polar surface area (TPSA) is 45.8 Å². The Morgan fingerprint density at radius 1 is 1.00 bits per heavy atom. The molecule has 2 aromatic rings. The summed E-state index contributed by atoms with van der Waals surface area (Å²) in [7, 11) is 0. The fourth-order valence-electron chi connectivity index (χ4n) is 1.68. The Balaban J connectivity index is 0. The predicted octanol–water partition coefficient (Wildman–Crippen LogP) is 5.66. The van der Waals surface area contributed by atoms with Crippen LogP contribution in [0, 0.1) is 5.92 Å². The van der Waals surface area contributed by atoms with Crippen molar-refractivity contribution >= 4 is 0 Å². The highest BCUT2D eigenvalue weighted by Gasteiger charge is 1.95. The molecule has 0 fully saturated rings. The number of aryl methyl sites for hydroxylation is 2. The fraction of sp³-hybridized carbons (Fsp3) is 0.524. The van der Waals surface area contributed by atoms with Crippen molar-refractivity contribution in [1.82, 2.24) is 9.97 Å². The summed E-state index contributed by atoms with van der Waals surface area (Å²) in [5.74, 6) is 0.775. The van der Waals surface area contributed by atoms with E-state index in [2.05, 4.69) is 29.9 Å². The first-order chi connectivity index (χ1) is 11.6. The molecule has 0 radical (unpaired) electrons. The molecule has 2 heterocycles. The monoisotopic (exact) mass is 332 g/mol. The number of rotatable bonds is 4. The van der Waals surface area contributed by atoms with E-state index in [0.717, 1.165) is 24.5 Å². The van der Waals surface area contributed by atoms with Gasteiger partial charge in [-0.2, -0.15) is 0 Å². The van der Waals surface area contributed by atoms with E-state index >= 15 is 0 Å². The first kappa shape index (κ1) is 24.4. The maximum atomic E-state index is 10.6. The van der Waals surface area contributed by atoms with Gasteiger partial charge in [0.15, 0.2) is 0 Å². The summed E-state index contributed by atoms with van der Waals surface area (Å²) in [6.07, 6.45) is 5.08. The largest absolute Gasteiger partial charge is 0.326 e. The molecule has 0 aliphatic heterocycles. The maximum absolute atomic E-state index is 10.6. The Morgan fingerprint density at radius 2 is 1.67 bits per heavy atom. The number of nitrogens with one attached hydrogen (secondary N) is 1. The summed E-state index contributed by atoms with van der Waals surface area (Å²) in [5.41, 5.74) is 2.18. The second kappa shape index (κ2) is 17.5. The standard InChI is InChI=1S/C10H15N.C7H9NO.2C2H6/c1-9(2)6-7-10-5-3-4-8-11-10;1-2-6-4-3-5-7(9)8-6;2*1-2/h3-5,8-9H,6-7H2,1-2H3;3-5H,2H2,1H3,(H,8,9);2*1-2H3.